The zero-order chi connectivity index (χ0) is 27.9. The van der Waals surface area contributed by atoms with Gasteiger partial charge in [0.05, 0.1) is 6.61 Å². The Labute approximate surface area is 234 Å². The van der Waals surface area contributed by atoms with Crippen LogP contribution in [0.3, 0.4) is 0 Å². The summed E-state index contributed by atoms with van der Waals surface area (Å²) in [5.74, 6) is 0.990. The van der Waals surface area contributed by atoms with Crippen LogP contribution < -0.4 is 4.74 Å². The van der Waals surface area contributed by atoms with Crippen molar-refractivity contribution in [1.82, 2.24) is 0 Å². The second kappa shape index (κ2) is 22.2. The number of benzene rings is 2. The molecule has 2 aromatic carbocycles. The summed E-state index contributed by atoms with van der Waals surface area (Å²) in [6, 6.07) is 17.0. The topological polar surface area (TPSA) is 9.23 Å². The van der Waals surface area contributed by atoms with Crippen LogP contribution in [0.1, 0.15) is 121 Å². The van der Waals surface area contributed by atoms with E-state index in [1.54, 1.807) is 0 Å². The second-order valence-corrected chi connectivity index (χ2v) is 10.7. The van der Waals surface area contributed by atoms with Crippen LogP contribution in [0, 0.1) is 0 Å². The van der Waals surface area contributed by atoms with E-state index in [4.69, 9.17) is 4.74 Å². The number of unbranched alkanes of at least 4 members (excludes halogenated alkanes) is 15. The molecule has 0 aromatic heterocycles. The van der Waals surface area contributed by atoms with Crippen LogP contribution in [0.5, 0.6) is 5.75 Å². The highest BCUT2D eigenvalue weighted by Gasteiger charge is 2.20. The second-order valence-electron chi connectivity index (χ2n) is 10.1. The van der Waals surface area contributed by atoms with Crippen molar-refractivity contribution in [3.8, 4) is 5.75 Å². The SMILES string of the molecule is CCCCCCCCCCCCCCCCCCOc1ccc([SH2+])c(Cc2ccccc2)c1.F[B-](F)(F)F. The van der Waals surface area contributed by atoms with Crippen molar-refractivity contribution in [2.45, 2.75) is 121 Å². The van der Waals surface area contributed by atoms with Crippen molar-refractivity contribution in [3.63, 3.8) is 0 Å². The fourth-order valence-electron chi connectivity index (χ4n) is 4.46. The third-order valence-corrected chi connectivity index (χ3v) is 7.07. The first-order valence-corrected chi connectivity index (χ1v) is 15.2. The van der Waals surface area contributed by atoms with Crippen LogP contribution >= 0.6 is 0 Å². The molecule has 0 amide bonds. The van der Waals surface area contributed by atoms with E-state index in [9.17, 15) is 17.3 Å². The standard InChI is InChI=1S/C31H48OS.BF4/c1-2-3-4-5-6-7-8-9-10-11-12-13-14-15-16-20-25-32-30-23-24-31(33)29(27-30)26-28-21-18-17-19-22-28;2-1(3,4)5/h17-19,21-24,27,33H,2-16,20,25-26H2,1H3;/q;-1/p+1. The summed E-state index contributed by atoms with van der Waals surface area (Å²) in [5.41, 5.74) is 2.61. The minimum Gasteiger partial charge on any atom is -0.494 e. The molecule has 0 atom stereocenters. The summed E-state index contributed by atoms with van der Waals surface area (Å²) < 4.78 is 45.0. The number of ether oxygens (including phenoxy) is 1. The molecule has 0 spiro atoms. The molecule has 0 aliphatic rings. The number of hydrogen-bond acceptors (Lipinski definition) is 1. The maximum absolute atomic E-state index is 9.75. The number of halogens is 4. The third kappa shape index (κ3) is 21.3. The van der Waals surface area contributed by atoms with Gasteiger partial charge in [-0.05, 0) is 42.8 Å². The monoisotopic (exact) mass is 556 g/mol. The lowest BCUT2D eigenvalue weighted by Crippen LogP contribution is -2.02. The molecule has 2 aromatic rings. The Kier molecular flexibility index (Phi) is 20.1. The molecule has 0 heterocycles. The maximum atomic E-state index is 9.75. The molecular formula is C31H49BF4OS. The van der Waals surface area contributed by atoms with Gasteiger partial charge in [-0.3, -0.25) is 0 Å². The largest absolute Gasteiger partial charge is 0.673 e. The molecule has 216 valence electrons. The Morgan fingerprint density at radius 1 is 0.632 bits per heavy atom. The van der Waals surface area contributed by atoms with Gasteiger partial charge >= 0.3 is 7.25 Å². The lowest BCUT2D eigenvalue weighted by atomic mass is 10.0. The Balaban J connectivity index is 0.00000132. The van der Waals surface area contributed by atoms with Gasteiger partial charge in [0.1, 0.15) is 5.75 Å². The van der Waals surface area contributed by atoms with Gasteiger partial charge in [0.2, 0.25) is 0 Å². The summed E-state index contributed by atoms with van der Waals surface area (Å²) in [6.07, 6.45) is 23.3. The molecule has 0 fully saturated rings. The predicted molar refractivity (Wildman–Crippen MR) is 159 cm³/mol. The molecule has 0 unspecified atom stereocenters. The van der Waals surface area contributed by atoms with Gasteiger partial charge in [-0.25, -0.2) is 0 Å². The van der Waals surface area contributed by atoms with Crippen LogP contribution in [0.15, 0.2) is 53.4 Å². The van der Waals surface area contributed by atoms with Crippen molar-refractivity contribution in [3.05, 3.63) is 59.7 Å². The fraction of sp³-hybridized carbons (Fsp3) is 0.613. The van der Waals surface area contributed by atoms with Gasteiger partial charge in [0.25, 0.3) is 0 Å². The maximum Gasteiger partial charge on any atom is 0.673 e. The Morgan fingerprint density at radius 3 is 1.55 bits per heavy atom. The van der Waals surface area contributed by atoms with Gasteiger partial charge in [0.15, 0.2) is 4.90 Å². The van der Waals surface area contributed by atoms with E-state index in [0.29, 0.717) is 0 Å². The van der Waals surface area contributed by atoms with E-state index in [-0.39, 0.29) is 0 Å². The van der Waals surface area contributed by atoms with Gasteiger partial charge in [-0.1, -0.05) is 134 Å². The Hall–Kier alpha value is -1.63. The summed E-state index contributed by atoms with van der Waals surface area (Å²) in [7, 11) is -6.00. The average Bonchev–Trinajstić information content (AvgIpc) is 2.87. The zero-order valence-electron chi connectivity index (χ0n) is 23.3. The highest BCUT2D eigenvalue weighted by atomic mass is 32.1. The van der Waals surface area contributed by atoms with Gasteiger partial charge in [-0.2, -0.15) is 0 Å². The van der Waals surface area contributed by atoms with Crippen molar-refractivity contribution >= 4 is 19.9 Å². The van der Waals surface area contributed by atoms with E-state index in [2.05, 4.69) is 68.1 Å². The van der Waals surface area contributed by atoms with Crippen molar-refractivity contribution in [1.29, 1.82) is 0 Å². The number of rotatable bonds is 20. The molecule has 0 bridgehead atoms. The molecule has 0 saturated carbocycles. The van der Waals surface area contributed by atoms with E-state index >= 15 is 0 Å². The van der Waals surface area contributed by atoms with Crippen molar-refractivity contribution in [2.24, 2.45) is 0 Å². The minimum atomic E-state index is -6.00. The third-order valence-electron chi connectivity index (χ3n) is 6.58. The first-order chi connectivity index (χ1) is 18.3. The van der Waals surface area contributed by atoms with E-state index < -0.39 is 7.25 Å². The summed E-state index contributed by atoms with van der Waals surface area (Å²) in [4.78, 5) is 1.15. The van der Waals surface area contributed by atoms with Crippen LogP contribution in [0.25, 0.3) is 0 Å². The first-order valence-electron chi connectivity index (χ1n) is 14.7. The predicted octanol–water partition coefficient (Wildman–Crippen LogP) is 10.6. The van der Waals surface area contributed by atoms with Crippen LogP contribution in [0.4, 0.5) is 17.3 Å². The van der Waals surface area contributed by atoms with E-state index in [1.165, 1.54) is 107 Å². The lowest BCUT2D eigenvalue weighted by molar-refractivity contribution is 0.304. The van der Waals surface area contributed by atoms with Crippen molar-refractivity contribution in [2.75, 3.05) is 6.61 Å². The lowest BCUT2D eigenvalue weighted by Gasteiger charge is -2.09. The number of hydrogen-bond donors (Lipinski definition) is 0. The molecule has 0 saturated heterocycles. The highest BCUT2D eigenvalue weighted by molar-refractivity contribution is 7.58. The molecule has 7 heteroatoms. The molecule has 0 N–H and O–H groups in total. The molecule has 38 heavy (non-hydrogen) atoms. The van der Waals surface area contributed by atoms with Crippen LogP contribution in [-0.2, 0) is 19.0 Å². The van der Waals surface area contributed by atoms with Gasteiger partial charge in [-0.15, -0.1) is 0 Å². The highest BCUT2D eigenvalue weighted by Crippen LogP contribution is 2.21. The normalized spacial score (nSPS) is 11.2. The zero-order valence-corrected chi connectivity index (χ0v) is 24.3. The average molecular weight is 557 g/mol. The quantitative estimate of drug-likeness (QED) is 0.0682. The van der Waals surface area contributed by atoms with Gasteiger partial charge < -0.3 is 22.0 Å². The molecule has 0 aliphatic heterocycles. The Morgan fingerprint density at radius 2 is 1.08 bits per heavy atom. The molecule has 0 aliphatic carbocycles. The first kappa shape index (κ1) is 34.4. The van der Waals surface area contributed by atoms with E-state index in [1.807, 2.05) is 0 Å². The van der Waals surface area contributed by atoms with Crippen LogP contribution in [-0.4, -0.2) is 13.9 Å². The molecular weight excluding hydrogens is 507 g/mol. The molecule has 0 radical (unpaired) electrons. The fourth-order valence-corrected chi connectivity index (χ4v) is 4.71. The summed E-state index contributed by atoms with van der Waals surface area (Å²) in [6.45, 7) is 3.12. The summed E-state index contributed by atoms with van der Waals surface area (Å²) in [5, 5.41) is 0. The smallest absolute Gasteiger partial charge is 0.494 e. The Bertz CT molecular complexity index is 811. The minimum absolute atomic E-state index is 0.824. The van der Waals surface area contributed by atoms with Gasteiger partial charge in [0, 0.05) is 12.0 Å². The summed E-state index contributed by atoms with van der Waals surface area (Å²) >= 11 is 3.74. The van der Waals surface area contributed by atoms with E-state index in [0.717, 1.165) is 30.1 Å². The molecule has 2 rings (SSSR count). The van der Waals surface area contributed by atoms with Crippen LogP contribution in [0.2, 0.25) is 0 Å². The molecule has 1 nitrogen and oxygen atoms in total. The van der Waals surface area contributed by atoms with Crippen molar-refractivity contribution < 1.29 is 22.0 Å².